The largest absolute Gasteiger partial charge is 0.351 e. The van der Waals surface area contributed by atoms with Crippen LogP contribution in [0.5, 0.6) is 0 Å². The molecule has 4 nitrogen and oxygen atoms in total. The van der Waals surface area contributed by atoms with Gasteiger partial charge in [-0.25, -0.2) is 0 Å². The van der Waals surface area contributed by atoms with E-state index in [1.165, 1.54) is 5.56 Å². The monoisotopic (exact) mass is 338 g/mol. The summed E-state index contributed by atoms with van der Waals surface area (Å²) >= 11 is 0. The highest BCUT2D eigenvalue weighted by Gasteiger charge is 2.40. The maximum Gasteiger partial charge on any atom is 0.224 e. The first kappa shape index (κ1) is 16.4. The number of hydrogen-bond acceptors (Lipinski definition) is 2. The van der Waals surface area contributed by atoms with Crippen LogP contribution in [0.2, 0.25) is 0 Å². The normalized spacial score (nSPS) is 30.0. The molecule has 1 saturated heterocycles. The molecule has 1 N–H and O–H groups in total. The van der Waals surface area contributed by atoms with Crippen LogP contribution in [0.25, 0.3) is 0 Å². The van der Waals surface area contributed by atoms with Crippen LogP contribution in [-0.2, 0) is 16.0 Å². The second-order valence-corrected chi connectivity index (χ2v) is 7.71. The van der Waals surface area contributed by atoms with Gasteiger partial charge < -0.3 is 10.2 Å². The van der Waals surface area contributed by atoms with Crippen molar-refractivity contribution in [1.29, 1.82) is 0 Å². The molecule has 4 rings (SSSR count). The number of amides is 2. The van der Waals surface area contributed by atoms with Crippen LogP contribution in [0, 0.1) is 17.8 Å². The van der Waals surface area contributed by atoms with E-state index >= 15 is 0 Å². The molecule has 25 heavy (non-hydrogen) atoms. The number of fused-ring (bicyclic) bond motifs is 2. The standard InChI is InChI=1S/C21H26N2O2/c24-20(9-7-15-4-2-1-3-5-15)23-11-10-18(14-23)22-21(25)19-13-16-6-8-17(19)12-16/h1-6,8,16-19H,7,9-14H2,(H,22,25)/t16-,17-,18+,19+/m0/s1. The second kappa shape index (κ2) is 7.03. The molecule has 2 amide bonds. The van der Waals surface area contributed by atoms with Crippen molar-refractivity contribution in [3.8, 4) is 0 Å². The molecule has 0 unspecified atom stereocenters. The molecule has 2 fully saturated rings. The zero-order valence-corrected chi connectivity index (χ0v) is 14.6. The van der Waals surface area contributed by atoms with Crippen LogP contribution in [-0.4, -0.2) is 35.8 Å². The van der Waals surface area contributed by atoms with E-state index < -0.39 is 0 Å². The van der Waals surface area contributed by atoms with E-state index in [2.05, 4.69) is 29.6 Å². The zero-order valence-electron chi connectivity index (χ0n) is 14.6. The molecule has 4 heteroatoms. The lowest BCUT2D eigenvalue weighted by Crippen LogP contribution is -2.42. The van der Waals surface area contributed by atoms with Gasteiger partial charge >= 0.3 is 0 Å². The Morgan fingerprint density at radius 3 is 2.68 bits per heavy atom. The van der Waals surface area contributed by atoms with Gasteiger partial charge in [-0.15, -0.1) is 0 Å². The van der Waals surface area contributed by atoms with Crippen LogP contribution >= 0.6 is 0 Å². The number of hydrogen-bond donors (Lipinski definition) is 1. The summed E-state index contributed by atoms with van der Waals surface area (Å²) in [5, 5.41) is 3.20. The average molecular weight is 338 g/mol. The Bertz CT molecular complexity index is 670. The highest BCUT2D eigenvalue weighted by Crippen LogP contribution is 2.43. The van der Waals surface area contributed by atoms with Gasteiger partial charge in [-0.05, 0) is 43.1 Å². The van der Waals surface area contributed by atoms with E-state index in [0.717, 1.165) is 32.2 Å². The summed E-state index contributed by atoms with van der Waals surface area (Å²) in [6, 6.07) is 10.2. The van der Waals surface area contributed by atoms with Crippen LogP contribution in [0.3, 0.4) is 0 Å². The molecule has 1 aromatic carbocycles. The van der Waals surface area contributed by atoms with Crippen molar-refractivity contribution in [2.75, 3.05) is 13.1 Å². The van der Waals surface area contributed by atoms with Crippen LogP contribution < -0.4 is 5.32 Å². The molecule has 1 heterocycles. The Hall–Kier alpha value is -2.10. The van der Waals surface area contributed by atoms with Crippen molar-refractivity contribution in [1.82, 2.24) is 10.2 Å². The molecule has 1 aromatic rings. The molecule has 0 radical (unpaired) electrons. The van der Waals surface area contributed by atoms with Crippen LogP contribution in [0.1, 0.15) is 31.2 Å². The molecule has 3 aliphatic rings. The van der Waals surface area contributed by atoms with Crippen molar-refractivity contribution in [3.05, 3.63) is 48.0 Å². The lowest BCUT2D eigenvalue weighted by molar-refractivity contribution is -0.131. The minimum atomic E-state index is 0.122. The Morgan fingerprint density at radius 1 is 1.12 bits per heavy atom. The van der Waals surface area contributed by atoms with E-state index in [0.29, 0.717) is 24.8 Å². The van der Waals surface area contributed by atoms with Gasteiger partial charge in [0.15, 0.2) is 0 Å². The molecular weight excluding hydrogens is 312 g/mol. The number of carbonyl (C=O) groups is 2. The number of rotatable bonds is 5. The number of allylic oxidation sites excluding steroid dienone is 2. The molecule has 1 saturated carbocycles. The first-order chi connectivity index (χ1) is 12.2. The summed E-state index contributed by atoms with van der Waals surface area (Å²) < 4.78 is 0. The first-order valence-corrected chi connectivity index (χ1v) is 9.49. The van der Waals surface area contributed by atoms with Crippen molar-refractivity contribution in [2.45, 2.75) is 38.1 Å². The van der Waals surface area contributed by atoms with Gasteiger partial charge in [0.05, 0.1) is 0 Å². The van der Waals surface area contributed by atoms with Gasteiger partial charge in [0.2, 0.25) is 11.8 Å². The van der Waals surface area contributed by atoms with Gasteiger partial charge in [-0.3, -0.25) is 9.59 Å². The van der Waals surface area contributed by atoms with E-state index in [-0.39, 0.29) is 23.8 Å². The molecular formula is C21H26N2O2. The number of benzene rings is 1. The fraction of sp³-hybridized carbons (Fsp3) is 0.524. The smallest absolute Gasteiger partial charge is 0.224 e. The number of likely N-dealkylation sites (tertiary alicyclic amines) is 1. The number of nitrogens with one attached hydrogen (secondary N) is 1. The average Bonchev–Trinajstić information content (AvgIpc) is 3.37. The highest BCUT2D eigenvalue weighted by atomic mass is 16.2. The second-order valence-electron chi connectivity index (χ2n) is 7.71. The van der Waals surface area contributed by atoms with E-state index in [1.54, 1.807) is 0 Å². The SMILES string of the molecule is O=C(N[C@@H]1CCN(C(=O)CCc2ccccc2)C1)[C@@H]1C[C@H]2C=C[C@H]1C2. The molecule has 0 aromatic heterocycles. The van der Waals surface area contributed by atoms with Gasteiger partial charge in [0.1, 0.15) is 0 Å². The van der Waals surface area contributed by atoms with Crippen LogP contribution in [0.15, 0.2) is 42.5 Å². The molecule has 2 aliphatic carbocycles. The molecule has 2 bridgehead atoms. The number of carbonyl (C=O) groups excluding carboxylic acids is 2. The lowest BCUT2D eigenvalue weighted by atomic mass is 9.92. The topological polar surface area (TPSA) is 49.4 Å². The summed E-state index contributed by atoms with van der Waals surface area (Å²) in [5.74, 6) is 1.59. The van der Waals surface area contributed by atoms with Gasteiger partial charge in [-0.2, -0.15) is 0 Å². The Morgan fingerprint density at radius 2 is 1.96 bits per heavy atom. The number of nitrogens with zero attached hydrogens (tertiary/aromatic N) is 1. The fourth-order valence-corrected chi connectivity index (χ4v) is 4.55. The lowest BCUT2D eigenvalue weighted by Gasteiger charge is -2.21. The summed E-state index contributed by atoms with van der Waals surface area (Å²) in [5.41, 5.74) is 1.20. The number of aryl methyl sites for hydroxylation is 1. The molecule has 4 atom stereocenters. The highest BCUT2D eigenvalue weighted by molar-refractivity contribution is 5.81. The first-order valence-electron chi connectivity index (χ1n) is 9.49. The van der Waals surface area contributed by atoms with E-state index in [9.17, 15) is 9.59 Å². The minimum Gasteiger partial charge on any atom is -0.351 e. The Labute approximate surface area is 149 Å². The third-order valence-electron chi connectivity index (χ3n) is 5.97. The molecule has 132 valence electrons. The van der Waals surface area contributed by atoms with Crippen LogP contribution in [0.4, 0.5) is 0 Å². The quantitative estimate of drug-likeness (QED) is 0.839. The third kappa shape index (κ3) is 3.63. The maximum absolute atomic E-state index is 12.5. The summed E-state index contributed by atoms with van der Waals surface area (Å²) in [7, 11) is 0. The van der Waals surface area contributed by atoms with Crippen molar-refractivity contribution >= 4 is 11.8 Å². The summed E-state index contributed by atoms with van der Waals surface area (Å²) in [6.45, 7) is 1.42. The summed E-state index contributed by atoms with van der Waals surface area (Å²) in [4.78, 5) is 26.9. The minimum absolute atomic E-state index is 0.122. The zero-order chi connectivity index (χ0) is 17.2. The third-order valence-corrected chi connectivity index (χ3v) is 5.97. The fourth-order valence-electron chi connectivity index (χ4n) is 4.55. The maximum atomic E-state index is 12.5. The van der Waals surface area contributed by atoms with Gasteiger partial charge in [0.25, 0.3) is 0 Å². The van der Waals surface area contributed by atoms with E-state index in [4.69, 9.17) is 0 Å². The van der Waals surface area contributed by atoms with Crippen molar-refractivity contribution < 1.29 is 9.59 Å². The van der Waals surface area contributed by atoms with Crippen molar-refractivity contribution in [2.24, 2.45) is 17.8 Å². The summed E-state index contributed by atoms with van der Waals surface area (Å²) in [6.07, 6.45) is 8.82. The van der Waals surface area contributed by atoms with Gasteiger partial charge in [0, 0.05) is 31.5 Å². The predicted octanol–water partition coefficient (Wildman–Crippen LogP) is 2.55. The van der Waals surface area contributed by atoms with Crippen molar-refractivity contribution in [3.63, 3.8) is 0 Å². The van der Waals surface area contributed by atoms with E-state index in [1.807, 2.05) is 23.1 Å². The molecule has 0 spiro atoms. The predicted molar refractivity (Wildman–Crippen MR) is 96.7 cm³/mol. The Balaban J connectivity index is 1.23. The molecule has 1 aliphatic heterocycles. The Kier molecular flexibility index (Phi) is 4.60. The van der Waals surface area contributed by atoms with Gasteiger partial charge in [-0.1, -0.05) is 42.5 Å².